The lowest BCUT2D eigenvalue weighted by molar-refractivity contribution is 1.15. The van der Waals surface area contributed by atoms with E-state index in [0.717, 1.165) is 0 Å². The topological polar surface area (TPSA) is 50.5 Å². The van der Waals surface area contributed by atoms with E-state index in [4.69, 9.17) is 0 Å². The van der Waals surface area contributed by atoms with Gasteiger partial charge in [-0.1, -0.05) is 0 Å². The number of hydrogen-bond donors (Lipinski definition) is 0. The summed E-state index contributed by atoms with van der Waals surface area (Å²) in [7, 11) is 0. The second-order valence-corrected chi connectivity index (χ2v) is 1.55. The highest BCUT2D eigenvalue weighted by Crippen LogP contribution is 2.20. The smallest absolute Gasteiger partial charge is 0.180 e. The van der Waals surface area contributed by atoms with Crippen molar-refractivity contribution in [3.63, 3.8) is 0 Å². The summed E-state index contributed by atoms with van der Waals surface area (Å²) in [5.41, 5.74) is 0.553. The van der Waals surface area contributed by atoms with E-state index in [9.17, 15) is 0 Å². The number of nitrogens with zero attached hydrogens (tertiary/aromatic N) is 4. The van der Waals surface area contributed by atoms with Crippen molar-refractivity contribution in [1.29, 1.82) is 0 Å². The van der Waals surface area contributed by atoms with E-state index in [0.29, 0.717) is 11.5 Å². The molecule has 0 saturated heterocycles. The Morgan fingerprint density at radius 3 is 2.60 bits per heavy atom. The minimum atomic E-state index is 0.463. The number of aromatic nitrogens is 2. The summed E-state index contributed by atoms with van der Waals surface area (Å²) >= 11 is 0. The molecule has 0 amide bonds. The lowest BCUT2D eigenvalue weighted by Gasteiger charge is -1.93. The first-order chi connectivity index (χ1) is 4.88. The standard InChI is InChI=1S/C6H6N4/c1-7-5-3-9-4-10-6(5)8-2/h3-4H,1-2H2. The van der Waals surface area contributed by atoms with E-state index in [2.05, 4.69) is 33.4 Å². The molecule has 4 heteroatoms. The van der Waals surface area contributed by atoms with Crippen LogP contribution in [0, 0.1) is 0 Å². The Balaban J connectivity index is 3.20. The molecule has 0 aromatic carbocycles. The Morgan fingerprint density at radius 1 is 1.30 bits per heavy atom. The predicted molar refractivity (Wildman–Crippen MR) is 40.5 cm³/mol. The maximum atomic E-state index is 3.79. The highest BCUT2D eigenvalue weighted by molar-refractivity contribution is 5.60. The van der Waals surface area contributed by atoms with Crippen LogP contribution in [0.2, 0.25) is 0 Å². The maximum absolute atomic E-state index is 3.79. The van der Waals surface area contributed by atoms with Crippen LogP contribution in [0.5, 0.6) is 0 Å². The molecule has 0 aliphatic heterocycles. The molecule has 1 rings (SSSR count). The first-order valence-corrected chi connectivity index (χ1v) is 2.62. The van der Waals surface area contributed by atoms with Crippen molar-refractivity contribution in [2.45, 2.75) is 0 Å². The van der Waals surface area contributed by atoms with Crippen LogP contribution in [-0.4, -0.2) is 23.4 Å². The maximum Gasteiger partial charge on any atom is 0.180 e. The Morgan fingerprint density at radius 2 is 2.10 bits per heavy atom. The van der Waals surface area contributed by atoms with Gasteiger partial charge in [-0.05, 0) is 13.4 Å². The summed E-state index contributed by atoms with van der Waals surface area (Å²) in [6.07, 6.45) is 2.92. The minimum Gasteiger partial charge on any atom is -0.259 e. The Bertz CT molecular complexity index is 229. The van der Waals surface area contributed by atoms with Gasteiger partial charge < -0.3 is 0 Å². The van der Waals surface area contributed by atoms with E-state index in [-0.39, 0.29) is 0 Å². The van der Waals surface area contributed by atoms with Gasteiger partial charge in [0.2, 0.25) is 0 Å². The summed E-state index contributed by atoms with van der Waals surface area (Å²) in [5, 5.41) is 0. The first-order valence-electron chi connectivity index (χ1n) is 2.62. The Hall–Kier alpha value is -1.58. The van der Waals surface area contributed by atoms with E-state index in [1.807, 2.05) is 0 Å². The van der Waals surface area contributed by atoms with Crippen molar-refractivity contribution in [3.8, 4) is 0 Å². The van der Waals surface area contributed by atoms with Crippen LogP contribution >= 0.6 is 0 Å². The van der Waals surface area contributed by atoms with E-state index < -0.39 is 0 Å². The number of hydrogen-bond acceptors (Lipinski definition) is 4. The quantitative estimate of drug-likeness (QED) is 0.569. The normalized spacial score (nSPS) is 8.80. The molecule has 0 fully saturated rings. The molecule has 1 heterocycles. The van der Waals surface area contributed by atoms with Gasteiger partial charge in [-0.3, -0.25) is 4.99 Å². The number of aliphatic imine (C=N–C) groups is 2. The van der Waals surface area contributed by atoms with Crippen molar-refractivity contribution in [2.75, 3.05) is 0 Å². The predicted octanol–water partition coefficient (Wildman–Crippen LogP) is 1.14. The molecule has 1 aromatic rings. The zero-order valence-electron chi connectivity index (χ0n) is 5.36. The fourth-order valence-corrected chi connectivity index (χ4v) is 0.549. The van der Waals surface area contributed by atoms with Crippen molar-refractivity contribution in [3.05, 3.63) is 12.5 Å². The Kier molecular flexibility index (Phi) is 1.84. The van der Waals surface area contributed by atoms with Gasteiger partial charge in [0, 0.05) is 0 Å². The molecular formula is C6H6N4. The van der Waals surface area contributed by atoms with Crippen molar-refractivity contribution in [1.82, 2.24) is 9.97 Å². The third-order valence-electron chi connectivity index (χ3n) is 0.993. The monoisotopic (exact) mass is 134 g/mol. The third kappa shape index (κ3) is 1.05. The molecular weight excluding hydrogens is 128 g/mol. The van der Waals surface area contributed by atoms with Gasteiger partial charge >= 0.3 is 0 Å². The molecule has 0 aliphatic rings. The SMILES string of the molecule is C=Nc1cncnc1N=C. The summed E-state index contributed by atoms with van der Waals surface area (Å²) in [4.78, 5) is 14.8. The van der Waals surface area contributed by atoms with E-state index >= 15 is 0 Å². The van der Waals surface area contributed by atoms with E-state index in [1.54, 1.807) is 0 Å². The summed E-state index contributed by atoms with van der Waals surface area (Å²) < 4.78 is 0. The van der Waals surface area contributed by atoms with Crippen LogP contribution in [0.4, 0.5) is 11.5 Å². The average Bonchev–Trinajstić information content (AvgIpc) is 2.04. The van der Waals surface area contributed by atoms with Crippen LogP contribution in [0.15, 0.2) is 22.5 Å². The fourth-order valence-electron chi connectivity index (χ4n) is 0.549. The second-order valence-electron chi connectivity index (χ2n) is 1.55. The Labute approximate surface area is 58.4 Å². The highest BCUT2D eigenvalue weighted by atomic mass is 15.0. The molecule has 1 aromatic heterocycles. The fraction of sp³-hybridized carbons (Fsp3) is 0. The zero-order valence-corrected chi connectivity index (χ0v) is 5.36. The van der Waals surface area contributed by atoms with Gasteiger partial charge in [-0.15, -0.1) is 0 Å². The van der Waals surface area contributed by atoms with Crippen LogP contribution in [-0.2, 0) is 0 Å². The molecule has 0 aliphatic carbocycles. The van der Waals surface area contributed by atoms with Gasteiger partial charge in [0.05, 0.1) is 6.20 Å². The first kappa shape index (κ1) is 6.54. The molecule has 4 nitrogen and oxygen atoms in total. The third-order valence-corrected chi connectivity index (χ3v) is 0.993. The molecule has 0 unspecified atom stereocenters. The van der Waals surface area contributed by atoms with Crippen molar-refractivity contribution >= 4 is 24.9 Å². The molecule has 0 bridgehead atoms. The lowest BCUT2D eigenvalue weighted by Crippen LogP contribution is -1.76. The van der Waals surface area contributed by atoms with Crippen LogP contribution in [0.25, 0.3) is 0 Å². The van der Waals surface area contributed by atoms with Crippen LogP contribution in [0.1, 0.15) is 0 Å². The average molecular weight is 134 g/mol. The van der Waals surface area contributed by atoms with Gasteiger partial charge in [0.1, 0.15) is 12.0 Å². The minimum absolute atomic E-state index is 0.463. The molecule has 10 heavy (non-hydrogen) atoms. The van der Waals surface area contributed by atoms with Gasteiger partial charge in [0.25, 0.3) is 0 Å². The van der Waals surface area contributed by atoms with Crippen molar-refractivity contribution < 1.29 is 0 Å². The van der Waals surface area contributed by atoms with Gasteiger partial charge in [-0.25, -0.2) is 15.0 Å². The molecule has 0 saturated carbocycles. The zero-order chi connectivity index (χ0) is 7.40. The molecule has 0 radical (unpaired) electrons. The lowest BCUT2D eigenvalue weighted by atomic mass is 10.5. The summed E-state index contributed by atoms with van der Waals surface area (Å²) in [5.74, 6) is 0.463. The van der Waals surface area contributed by atoms with Crippen molar-refractivity contribution in [2.24, 2.45) is 9.98 Å². The number of rotatable bonds is 2. The largest absolute Gasteiger partial charge is 0.259 e. The van der Waals surface area contributed by atoms with Gasteiger partial charge in [-0.2, -0.15) is 0 Å². The second kappa shape index (κ2) is 2.82. The van der Waals surface area contributed by atoms with Crippen LogP contribution in [0.3, 0.4) is 0 Å². The molecule has 0 spiro atoms. The molecule has 0 atom stereocenters. The summed E-state index contributed by atoms with van der Waals surface area (Å²) in [6, 6.07) is 0. The highest BCUT2D eigenvalue weighted by Gasteiger charge is 1.95. The summed E-state index contributed by atoms with van der Waals surface area (Å²) in [6.45, 7) is 6.63. The molecule has 50 valence electrons. The van der Waals surface area contributed by atoms with E-state index in [1.165, 1.54) is 12.5 Å². The van der Waals surface area contributed by atoms with Crippen LogP contribution < -0.4 is 0 Å². The molecule has 0 N–H and O–H groups in total. The van der Waals surface area contributed by atoms with Gasteiger partial charge in [0.15, 0.2) is 5.82 Å².